The molecule has 0 aromatic heterocycles. The summed E-state index contributed by atoms with van der Waals surface area (Å²) in [4.78, 5) is 5.28. The molecule has 0 radical (unpaired) electrons. The average molecular weight is 211 g/mol. The van der Waals surface area contributed by atoms with Gasteiger partial charge in [-0.05, 0) is 20.3 Å². The molecule has 15 heavy (non-hydrogen) atoms. The van der Waals surface area contributed by atoms with Crippen molar-refractivity contribution in [2.24, 2.45) is 0 Å². The zero-order valence-corrected chi connectivity index (χ0v) is 10.4. The van der Waals surface area contributed by atoms with Gasteiger partial charge in [0.05, 0.1) is 5.66 Å². The van der Waals surface area contributed by atoms with Crippen LogP contribution in [0.5, 0.6) is 0 Å². The third-order valence-electron chi connectivity index (χ3n) is 3.96. The Morgan fingerprint density at radius 2 is 2.07 bits per heavy atom. The molecule has 2 aliphatic rings. The van der Waals surface area contributed by atoms with Crippen LogP contribution in [-0.4, -0.2) is 54.2 Å². The molecule has 2 saturated heterocycles. The smallest absolute Gasteiger partial charge is 0.0844 e. The second-order valence-electron chi connectivity index (χ2n) is 5.26. The Morgan fingerprint density at radius 1 is 1.27 bits per heavy atom. The molecule has 0 aromatic carbocycles. The quantitative estimate of drug-likeness (QED) is 0.754. The lowest BCUT2D eigenvalue weighted by Crippen LogP contribution is -2.65. The molecule has 0 saturated carbocycles. The number of hydrogen-bond acceptors (Lipinski definition) is 3. The van der Waals surface area contributed by atoms with Crippen molar-refractivity contribution in [3.63, 3.8) is 0 Å². The van der Waals surface area contributed by atoms with Crippen molar-refractivity contribution in [3.05, 3.63) is 0 Å². The number of rotatable bonds is 3. The summed E-state index contributed by atoms with van der Waals surface area (Å²) in [5, 5.41) is 3.74. The van der Waals surface area contributed by atoms with Crippen molar-refractivity contribution in [1.82, 2.24) is 15.1 Å². The Bertz CT molecular complexity index is 217. The lowest BCUT2D eigenvalue weighted by Gasteiger charge is -2.48. The molecule has 3 heteroatoms. The van der Waals surface area contributed by atoms with Crippen LogP contribution in [0.2, 0.25) is 0 Å². The lowest BCUT2D eigenvalue weighted by atomic mass is 9.99. The molecular formula is C12H25N3. The van der Waals surface area contributed by atoms with Gasteiger partial charge in [0.25, 0.3) is 0 Å². The van der Waals surface area contributed by atoms with E-state index in [4.69, 9.17) is 0 Å². The summed E-state index contributed by atoms with van der Waals surface area (Å²) >= 11 is 0. The van der Waals surface area contributed by atoms with E-state index in [-0.39, 0.29) is 0 Å². The molecule has 0 aromatic rings. The van der Waals surface area contributed by atoms with Gasteiger partial charge >= 0.3 is 0 Å². The largest absolute Gasteiger partial charge is 0.297 e. The molecule has 1 N–H and O–H groups in total. The highest BCUT2D eigenvalue weighted by atomic mass is 15.4. The Morgan fingerprint density at radius 3 is 2.73 bits per heavy atom. The summed E-state index contributed by atoms with van der Waals surface area (Å²) in [6.07, 6.45) is 2.56. The summed E-state index contributed by atoms with van der Waals surface area (Å²) in [7, 11) is 0. The van der Waals surface area contributed by atoms with Crippen molar-refractivity contribution in [3.8, 4) is 0 Å². The summed E-state index contributed by atoms with van der Waals surface area (Å²) < 4.78 is 0. The van der Waals surface area contributed by atoms with Crippen molar-refractivity contribution in [1.29, 1.82) is 0 Å². The van der Waals surface area contributed by atoms with Gasteiger partial charge in [0.1, 0.15) is 0 Å². The van der Waals surface area contributed by atoms with Crippen LogP contribution < -0.4 is 5.32 Å². The first-order valence-corrected chi connectivity index (χ1v) is 6.42. The Hall–Kier alpha value is -0.120. The van der Waals surface area contributed by atoms with Crippen LogP contribution in [0, 0.1) is 0 Å². The van der Waals surface area contributed by atoms with Gasteiger partial charge < -0.3 is 0 Å². The number of nitrogens with one attached hydrogen (secondary N) is 1. The van der Waals surface area contributed by atoms with E-state index in [1.165, 1.54) is 45.6 Å². The first-order valence-electron chi connectivity index (χ1n) is 6.42. The van der Waals surface area contributed by atoms with Crippen molar-refractivity contribution < 1.29 is 0 Å². The zero-order chi connectivity index (χ0) is 10.9. The molecule has 0 amide bonds. The van der Waals surface area contributed by atoms with E-state index in [1.807, 2.05) is 0 Å². The van der Waals surface area contributed by atoms with Gasteiger partial charge in [-0.25, -0.2) is 0 Å². The Balaban J connectivity index is 2.08. The van der Waals surface area contributed by atoms with Gasteiger partial charge in [0.2, 0.25) is 0 Å². The summed E-state index contributed by atoms with van der Waals surface area (Å²) in [6, 6.07) is 0.684. The number of hydrogen-bond donors (Lipinski definition) is 1. The van der Waals surface area contributed by atoms with Gasteiger partial charge in [-0.2, -0.15) is 0 Å². The van der Waals surface area contributed by atoms with E-state index < -0.39 is 0 Å². The number of fused-ring (bicyclic) bond motifs is 1. The highest BCUT2D eigenvalue weighted by Crippen LogP contribution is 2.28. The SMILES string of the molecule is CCCC12CN(C(C)C)CCN1CCN2. The second-order valence-corrected chi connectivity index (χ2v) is 5.26. The van der Waals surface area contributed by atoms with Gasteiger partial charge in [-0.15, -0.1) is 0 Å². The second kappa shape index (κ2) is 4.40. The highest BCUT2D eigenvalue weighted by molar-refractivity contribution is 4.99. The Labute approximate surface area is 93.8 Å². The van der Waals surface area contributed by atoms with Crippen LogP contribution in [0.3, 0.4) is 0 Å². The molecule has 2 rings (SSSR count). The van der Waals surface area contributed by atoms with Crippen molar-refractivity contribution >= 4 is 0 Å². The predicted molar refractivity (Wildman–Crippen MR) is 63.9 cm³/mol. The van der Waals surface area contributed by atoms with E-state index in [1.54, 1.807) is 0 Å². The predicted octanol–water partition coefficient (Wildman–Crippen LogP) is 1.11. The van der Waals surface area contributed by atoms with E-state index >= 15 is 0 Å². The molecule has 0 aliphatic carbocycles. The molecule has 88 valence electrons. The molecule has 0 spiro atoms. The molecule has 3 nitrogen and oxygen atoms in total. The molecule has 1 unspecified atom stereocenters. The van der Waals surface area contributed by atoms with Crippen molar-refractivity contribution in [2.45, 2.75) is 45.3 Å². The zero-order valence-electron chi connectivity index (χ0n) is 10.4. The first kappa shape index (κ1) is 11.4. The third kappa shape index (κ3) is 2.05. The fourth-order valence-corrected chi connectivity index (χ4v) is 3.08. The van der Waals surface area contributed by atoms with Crippen LogP contribution in [0.25, 0.3) is 0 Å². The molecule has 1 atom stereocenters. The minimum atomic E-state index is 0.303. The fraction of sp³-hybridized carbons (Fsp3) is 1.00. The Kier molecular flexibility index (Phi) is 3.33. The van der Waals surface area contributed by atoms with Crippen LogP contribution in [-0.2, 0) is 0 Å². The topological polar surface area (TPSA) is 18.5 Å². The first-order chi connectivity index (χ1) is 7.18. The molecule has 0 bridgehead atoms. The van der Waals surface area contributed by atoms with Crippen LogP contribution in [0.15, 0.2) is 0 Å². The number of piperazine rings is 1. The van der Waals surface area contributed by atoms with E-state index in [2.05, 4.69) is 35.9 Å². The van der Waals surface area contributed by atoms with Crippen molar-refractivity contribution in [2.75, 3.05) is 32.7 Å². The van der Waals surface area contributed by atoms with Crippen LogP contribution >= 0.6 is 0 Å². The lowest BCUT2D eigenvalue weighted by molar-refractivity contribution is -0.00439. The normalized spacial score (nSPS) is 33.6. The van der Waals surface area contributed by atoms with E-state index in [0.717, 1.165) is 0 Å². The maximum absolute atomic E-state index is 3.74. The summed E-state index contributed by atoms with van der Waals surface area (Å²) in [6.45, 7) is 13.0. The molecular weight excluding hydrogens is 186 g/mol. The third-order valence-corrected chi connectivity index (χ3v) is 3.96. The molecule has 2 heterocycles. The van der Waals surface area contributed by atoms with Gasteiger partial charge in [0, 0.05) is 38.8 Å². The molecule has 2 fully saturated rings. The van der Waals surface area contributed by atoms with E-state index in [0.29, 0.717) is 11.7 Å². The van der Waals surface area contributed by atoms with Gasteiger partial charge in [0.15, 0.2) is 0 Å². The van der Waals surface area contributed by atoms with Crippen LogP contribution in [0.4, 0.5) is 0 Å². The van der Waals surface area contributed by atoms with Crippen LogP contribution in [0.1, 0.15) is 33.6 Å². The average Bonchev–Trinajstić information content (AvgIpc) is 2.60. The van der Waals surface area contributed by atoms with Gasteiger partial charge in [-0.3, -0.25) is 15.1 Å². The van der Waals surface area contributed by atoms with Gasteiger partial charge in [-0.1, -0.05) is 13.3 Å². The standard InChI is InChI=1S/C12H25N3/c1-4-5-12-10-14(11(2)3)8-9-15(12)7-6-13-12/h11,13H,4-10H2,1-3H3. The fourth-order valence-electron chi connectivity index (χ4n) is 3.08. The molecule has 2 aliphatic heterocycles. The maximum atomic E-state index is 3.74. The maximum Gasteiger partial charge on any atom is 0.0844 e. The number of nitrogens with zero attached hydrogens (tertiary/aromatic N) is 2. The minimum absolute atomic E-state index is 0.303. The minimum Gasteiger partial charge on any atom is -0.297 e. The summed E-state index contributed by atoms with van der Waals surface area (Å²) in [5.74, 6) is 0. The monoisotopic (exact) mass is 211 g/mol. The van der Waals surface area contributed by atoms with E-state index in [9.17, 15) is 0 Å². The summed E-state index contributed by atoms with van der Waals surface area (Å²) in [5.41, 5.74) is 0.303. The highest BCUT2D eigenvalue weighted by Gasteiger charge is 2.44.